The molecule has 4 heteroatoms. The zero-order valence-corrected chi connectivity index (χ0v) is 16.0. The average molecular weight is 356 g/mol. The van der Waals surface area contributed by atoms with E-state index in [1.54, 1.807) is 0 Å². The fraction of sp³-hybridized carbons (Fsp3) is 0.682. The number of rotatable bonds is 5. The number of nitrogens with one attached hydrogen (secondary N) is 1. The largest absolute Gasteiger partial charge is 0.326 e. The summed E-state index contributed by atoms with van der Waals surface area (Å²) in [6.45, 7) is 4.45. The van der Waals surface area contributed by atoms with E-state index >= 15 is 0 Å². The van der Waals surface area contributed by atoms with Crippen molar-refractivity contribution in [2.75, 3.05) is 31.5 Å². The Morgan fingerprint density at radius 1 is 0.923 bits per heavy atom. The van der Waals surface area contributed by atoms with Crippen LogP contribution < -0.4 is 5.32 Å². The monoisotopic (exact) mass is 355 g/mol. The second-order valence-electron chi connectivity index (χ2n) is 8.30. The highest BCUT2D eigenvalue weighted by Crippen LogP contribution is 2.40. The second kappa shape index (κ2) is 8.53. The number of benzene rings is 1. The highest BCUT2D eigenvalue weighted by Gasteiger charge is 2.35. The fourth-order valence-electron chi connectivity index (χ4n) is 5.07. The zero-order chi connectivity index (χ0) is 17.8. The van der Waals surface area contributed by atoms with Gasteiger partial charge in [-0.15, -0.1) is 0 Å². The third kappa shape index (κ3) is 4.29. The average Bonchev–Trinajstić information content (AvgIpc) is 3.12. The van der Waals surface area contributed by atoms with Gasteiger partial charge >= 0.3 is 0 Å². The molecule has 0 radical (unpaired) electrons. The highest BCUT2D eigenvalue weighted by molar-refractivity contribution is 5.90. The summed E-state index contributed by atoms with van der Waals surface area (Å²) in [4.78, 5) is 17.4. The highest BCUT2D eigenvalue weighted by atomic mass is 16.1. The van der Waals surface area contributed by atoms with Crippen molar-refractivity contribution in [3.8, 4) is 0 Å². The Balaban J connectivity index is 1.28. The van der Waals surface area contributed by atoms with Crippen molar-refractivity contribution in [2.45, 2.75) is 69.9 Å². The first-order valence-electron chi connectivity index (χ1n) is 10.7. The third-order valence-corrected chi connectivity index (χ3v) is 6.53. The van der Waals surface area contributed by atoms with Gasteiger partial charge in [-0.3, -0.25) is 9.69 Å². The van der Waals surface area contributed by atoms with E-state index in [0.717, 1.165) is 31.4 Å². The van der Waals surface area contributed by atoms with Crippen molar-refractivity contribution < 1.29 is 4.79 Å². The van der Waals surface area contributed by atoms with Crippen LogP contribution in [-0.2, 0) is 4.79 Å². The number of fused-ring (bicyclic) bond motifs is 1. The van der Waals surface area contributed by atoms with Crippen LogP contribution in [0.25, 0.3) is 0 Å². The van der Waals surface area contributed by atoms with Crippen molar-refractivity contribution in [2.24, 2.45) is 0 Å². The van der Waals surface area contributed by atoms with Gasteiger partial charge < -0.3 is 10.2 Å². The Hall–Kier alpha value is -1.39. The molecular weight excluding hydrogens is 322 g/mol. The lowest BCUT2D eigenvalue weighted by atomic mass is 10.0. The van der Waals surface area contributed by atoms with E-state index in [4.69, 9.17) is 0 Å². The maximum absolute atomic E-state index is 12.2. The Kier molecular flexibility index (Phi) is 5.91. The lowest BCUT2D eigenvalue weighted by Crippen LogP contribution is -2.35. The molecule has 4 nitrogen and oxygen atoms in total. The number of carbonyl (C=O) groups is 1. The molecule has 1 aromatic carbocycles. The maximum atomic E-state index is 12.2. The summed E-state index contributed by atoms with van der Waals surface area (Å²) in [5.74, 6) is 0.139. The summed E-state index contributed by atoms with van der Waals surface area (Å²) in [5.41, 5.74) is 2.35. The third-order valence-electron chi connectivity index (χ3n) is 6.53. The van der Waals surface area contributed by atoms with E-state index < -0.39 is 0 Å². The van der Waals surface area contributed by atoms with Gasteiger partial charge in [0.1, 0.15) is 0 Å². The Morgan fingerprint density at radius 2 is 1.69 bits per heavy atom. The molecule has 3 saturated heterocycles. The molecule has 142 valence electrons. The Labute approximate surface area is 157 Å². The molecule has 0 saturated carbocycles. The molecule has 1 N–H and O–H groups in total. The molecule has 0 aliphatic carbocycles. The van der Waals surface area contributed by atoms with Gasteiger partial charge in [0.2, 0.25) is 5.91 Å². The molecule has 1 amide bonds. The molecule has 26 heavy (non-hydrogen) atoms. The van der Waals surface area contributed by atoms with Crippen LogP contribution in [0.3, 0.4) is 0 Å². The van der Waals surface area contributed by atoms with Crippen LogP contribution in [0, 0.1) is 0 Å². The summed E-state index contributed by atoms with van der Waals surface area (Å²) in [6, 6.07) is 10.0. The normalized spacial score (nSPS) is 27.2. The molecule has 4 rings (SSSR count). The quantitative estimate of drug-likeness (QED) is 0.860. The van der Waals surface area contributed by atoms with E-state index in [9.17, 15) is 4.79 Å². The van der Waals surface area contributed by atoms with Gasteiger partial charge in [-0.1, -0.05) is 25.0 Å². The zero-order valence-electron chi connectivity index (χ0n) is 16.0. The van der Waals surface area contributed by atoms with Crippen molar-refractivity contribution in [1.29, 1.82) is 0 Å². The molecule has 3 aliphatic rings. The smallest absolute Gasteiger partial charge is 0.225 e. The predicted octanol–water partition coefficient (Wildman–Crippen LogP) is 4.19. The molecular formula is C22H33N3O. The van der Waals surface area contributed by atoms with Crippen molar-refractivity contribution >= 4 is 11.6 Å². The van der Waals surface area contributed by atoms with E-state index in [-0.39, 0.29) is 5.91 Å². The minimum Gasteiger partial charge on any atom is -0.326 e. The van der Waals surface area contributed by atoms with Gasteiger partial charge in [-0.25, -0.2) is 0 Å². The van der Waals surface area contributed by atoms with Crippen molar-refractivity contribution in [3.05, 3.63) is 29.8 Å². The minimum atomic E-state index is 0.139. The number of piperidine rings is 2. The lowest BCUT2D eigenvalue weighted by molar-refractivity contribution is -0.116. The second-order valence-corrected chi connectivity index (χ2v) is 8.30. The van der Waals surface area contributed by atoms with Gasteiger partial charge in [-0.05, 0) is 75.9 Å². The first kappa shape index (κ1) is 18.0. The molecule has 3 heterocycles. The van der Waals surface area contributed by atoms with Crippen LogP contribution in [0.4, 0.5) is 5.69 Å². The summed E-state index contributed by atoms with van der Waals surface area (Å²) >= 11 is 0. The van der Waals surface area contributed by atoms with Crippen LogP contribution >= 0.6 is 0 Å². The number of carbonyl (C=O) groups excluding carboxylic acids is 1. The van der Waals surface area contributed by atoms with Crippen LogP contribution in [0.2, 0.25) is 0 Å². The molecule has 3 aliphatic heterocycles. The maximum Gasteiger partial charge on any atom is 0.225 e. The number of likely N-dealkylation sites (tertiary alicyclic amines) is 1. The molecule has 3 fully saturated rings. The Bertz CT molecular complexity index is 594. The predicted molar refractivity (Wildman–Crippen MR) is 106 cm³/mol. The van der Waals surface area contributed by atoms with Crippen molar-refractivity contribution in [1.82, 2.24) is 9.80 Å². The molecule has 1 aromatic rings. The molecule has 0 spiro atoms. The topological polar surface area (TPSA) is 35.6 Å². The molecule has 0 unspecified atom stereocenters. The number of hydrogen-bond donors (Lipinski definition) is 1. The number of anilines is 1. The van der Waals surface area contributed by atoms with Gasteiger partial charge in [-0.2, -0.15) is 0 Å². The molecule has 0 bridgehead atoms. The lowest BCUT2D eigenvalue weighted by Gasteiger charge is -2.34. The first-order valence-corrected chi connectivity index (χ1v) is 10.7. The summed E-state index contributed by atoms with van der Waals surface area (Å²) in [7, 11) is 0. The number of nitrogens with zero attached hydrogens (tertiary/aromatic N) is 2. The number of amides is 1. The standard InChI is InChI=1S/C22H33N3O/c26-22(13-17-24-14-3-1-4-15-24)23-19-9-7-18(8-10-19)21-12-11-20-6-2-5-16-25(20)21/h7-10,20-21H,1-6,11-17H2,(H,23,26)/t20-,21-/m1/s1. The van der Waals surface area contributed by atoms with Gasteiger partial charge in [0.05, 0.1) is 0 Å². The minimum absolute atomic E-state index is 0.139. The first-order chi connectivity index (χ1) is 12.8. The van der Waals surface area contributed by atoms with E-state index in [1.807, 2.05) is 0 Å². The van der Waals surface area contributed by atoms with Crippen LogP contribution in [0.15, 0.2) is 24.3 Å². The van der Waals surface area contributed by atoms with Crippen LogP contribution in [-0.4, -0.2) is 47.9 Å². The Morgan fingerprint density at radius 3 is 2.50 bits per heavy atom. The van der Waals surface area contributed by atoms with Gasteiger partial charge in [0.15, 0.2) is 0 Å². The van der Waals surface area contributed by atoms with E-state index in [2.05, 4.69) is 39.4 Å². The summed E-state index contributed by atoms with van der Waals surface area (Å²) < 4.78 is 0. The van der Waals surface area contributed by atoms with Gasteiger partial charge in [0, 0.05) is 30.7 Å². The number of hydrogen-bond acceptors (Lipinski definition) is 3. The van der Waals surface area contributed by atoms with E-state index in [1.165, 1.54) is 63.5 Å². The summed E-state index contributed by atoms with van der Waals surface area (Å²) in [6.07, 6.45) is 11.3. The van der Waals surface area contributed by atoms with Crippen LogP contribution in [0.1, 0.15) is 69.4 Å². The van der Waals surface area contributed by atoms with E-state index in [0.29, 0.717) is 12.5 Å². The van der Waals surface area contributed by atoms with Gasteiger partial charge in [0.25, 0.3) is 0 Å². The molecule has 2 atom stereocenters. The summed E-state index contributed by atoms with van der Waals surface area (Å²) in [5, 5.41) is 3.08. The van der Waals surface area contributed by atoms with Crippen molar-refractivity contribution in [3.63, 3.8) is 0 Å². The molecule has 0 aromatic heterocycles. The SMILES string of the molecule is O=C(CCN1CCCCC1)Nc1ccc([C@H]2CC[C@H]3CCCCN32)cc1. The fourth-order valence-corrected chi connectivity index (χ4v) is 5.07. The van der Waals surface area contributed by atoms with Crippen LogP contribution in [0.5, 0.6) is 0 Å².